The van der Waals surface area contributed by atoms with Gasteiger partial charge in [-0.25, -0.2) is 0 Å². The molecule has 80 valence electrons. The van der Waals surface area contributed by atoms with E-state index in [1.54, 1.807) is 0 Å². The van der Waals surface area contributed by atoms with Gasteiger partial charge in [-0.2, -0.15) is 0 Å². The van der Waals surface area contributed by atoms with Crippen LogP contribution in [-0.4, -0.2) is 11.5 Å². The van der Waals surface area contributed by atoms with E-state index in [1.165, 1.54) is 25.0 Å². The monoisotopic (exact) mass is 258 g/mol. The molecule has 0 aromatic carbocycles. The fourth-order valence-electron chi connectivity index (χ4n) is 1.35. The summed E-state index contributed by atoms with van der Waals surface area (Å²) < 4.78 is 0. The summed E-state index contributed by atoms with van der Waals surface area (Å²) in [6.07, 6.45) is 7.87. The molecule has 1 aromatic rings. The predicted molar refractivity (Wildman–Crippen MR) is 65.8 cm³/mol. The largest absolute Gasteiger partial charge is 0.330 e. The van der Waals surface area contributed by atoms with E-state index in [0.717, 1.165) is 19.4 Å². The van der Waals surface area contributed by atoms with E-state index in [2.05, 4.69) is 11.1 Å². The lowest BCUT2D eigenvalue weighted by Crippen LogP contribution is -1.98. The number of hydrogen-bond acceptors (Lipinski definition) is 2. The van der Waals surface area contributed by atoms with Gasteiger partial charge in [-0.15, -0.1) is 17.0 Å². The summed E-state index contributed by atoms with van der Waals surface area (Å²) in [5.41, 5.74) is 6.61. The molecule has 1 aromatic heterocycles. The molecule has 0 spiro atoms. The van der Waals surface area contributed by atoms with Crippen molar-refractivity contribution in [2.45, 2.75) is 32.1 Å². The molecule has 2 N–H and O–H groups in total. The Hall–Kier alpha value is -0.410. The zero-order valence-corrected chi connectivity index (χ0v) is 10.2. The fourth-order valence-corrected chi connectivity index (χ4v) is 1.35. The molecule has 14 heavy (non-hydrogen) atoms. The van der Waals surface area contributed by atoms with Crippen LogP contribution in [0.25, 0.3) is 0 Å². The van der Waals surface area contributed by atoms with Gasteiger partial charge in [-0.3, -0.25) is 4.98 Å². The average Bonchev–Trinajstić information content (AvgIpc) is 2.19. The summed E-state index contributed by atoms with van der Waals surface area (Å²) in [6.45, 7) is 0.823. The van der Waals surface area contributed by atoms with Crippen molar-refractivity contribution < 1.29 is 0 Å². The molecule has 2 nitrogen and oxygen atoms in total. The van der Waals surface area contributed by atoms with E-state index in [1.807, 2.05) is 18.3 Å². The Balaban J connectivity index is 0.00000169. The minimum absolute atomic E-state index is 0. The number of aryl methyl sites for hydroxylation is 1. The van der Waals surface area contributed by atoms with Gasteiger partial charge in [0, 0.05) is 11.9 Å². The molecule has 0 atom stereocenters. The zero-order chi connectivity index (χ0) is 9.36. The first-order chi connectivity index (χ1) is 6.43. The summed E-state index contributed by atoms with van der Waals surface area (Å²) in [7, 11) is 0. The summed E-state index contributed by atoms with van der Waals surface area (Å²) >= 11 is 0. The standard InChI is InChI=1S/C11H18N2.BrH/c12-9-5-2-1-3-7-11-8-4-6-10-13-11;/h4,6,8,10H,1-3,5,7,9,12H2;1H. The molecule has 0 saturated heterocycles. The van der Waals surface area contributed by atoms with Crippen LogP contribution in [0, 0.1) is 0 Å². The molecule has 0 radical (unpaired) electrons. The summed E-state index contributed by atoms with van der Waals surface area (Å²) in [5, 5.41) is 0. The highest BCUT2D eigenvalue weighted by Crippen LogP contribution is 2.04. The van der Waals surface area contributed by atoms with E-state index in [9.17, 15) is 0 Å². The third-order valence-corrected chi connectivity index (χ3v) is 2.11. The summed E-state index contributed by atoms with van der Waals surface area (Å²) in [6, 6.07) is 6.09. The van der Waals surface area contributed by atoms with Gasteiger partial charge in [-0.1, -0.05) is 18.9 Å². The Morgan fingerprint density at radius 3 is 2.50 bits per heavy atom. The fraction of sp³-hybridized carbons (Fsp3) is 0.545. The van der Waals surface area contributed by atoms with Gasteiger partial charge in [0.1, 0.15) is 0 Å². The molecule has 1 rings (SSSR count). The van der Waals surface area contributed by atoms with Crippen LogP contribution in [0.3, 0.4) is 0 Å². The van der Waals surface area contributed by atoms with Crippen LogP contribution in [0.15, 0.2) is 24.4 Å². The van der Waals surface area contributed by atoms with Gasteiger partial charge in [0.15, 0.2) is 0 Å². The molecule has 0 fully saturated rings. The molecule has 0 aliphatic carbocycles. The van der Waals surface area contributed by atoms with Crippen LogP contribution in [0.1, 0.15) is 31.4 Å². The Morgan fingerprint density at radius 2 is 1.86 bits per heavy atom. The Labute approximate surface area is 96.7 Å². The second kappa shape index (κ2) is 9.16. The third kappa shape index (κ3) is 6.11. The maximum absolute atomic E-state index is 5.41. The molecule has 0 aliphatic heterocycles. The molecule has 0 bridgehead atoms. The number of hydrogen-bond donors (Lipinski definition) is 1. The van der Waals surface area contributed by atoms with E-state index >= 15 is 0 Å². The number of aromatic nitrogens is 1. The van der Waals surface area contributed by atoms with Crippen LogP contribution < -0.4 is 5.73 Å². The number of unbranched alkanes of at least 4 members (excludes halogenated alkanes) is 3. The number of pyridine rings is 1. The van der Waals surface area contributed by atoms with Crippen molar-refractivity contribution in [2.75, 3.05) is 6.54 Å². The van der Waals surface area contributed by atoms with Crippen molar-refractivity contribution in [3.05, 3.63) is 30.1 Å². The lowest BCUT2D eigenvalue weighted by atomic mass is 10.1. The lowest BCUT2D eigenvalue weighted by molar-refractivity contribution is 0.642. The van der Waals surface area contributed by atoms with Crippen LogP contribution >= 0.6 is 17.0 Å². The van der Waals surface area contributed by atoms with Gasteiger partial charge >= 0.3 is 0 Å². The van der Waals surface area contributed by atoms with Crippen molar-refractivity contribution in [3.63, 3.8) is 0 Å². The minimum atomic E-state index is 0. The van der Waals surface area contributed by atoms with Gasteiger partial charge in [0.2, 0.25) is 0 Å². The first-order valence-corrected chi connectivity index (χ1v) is 5.03. The van der Waals surface area contributed by atoms with Crippen molar-refractivity contribution in [2.24, 2.45) is 5.73 Å². The maximum Gasteiger partial charge on any atom is 0.0403 e. The van der Waals surface area contributed by atoms with Gasteiger partial charge < -0.3 is 5.73 Å². The molecule has 0 unspecified atom stereocenters. The normalized spacial score (nSPS) is 9.50. The average molecular weight is 259 g/mol. The summed E-state index contributed by atoms with van der Waals surface area (Å²) in [4.78, 5) is 4.27. The maximum atomic E-state index is 5.41. The van der Waals surface area contributed by atoms with Crippen molar-refractivity contribution in [3.8, 4) is 0 Å². The molecule has 0 aliphatic rings. The molecule has 0 saturated carbocycles. The van der Waals surface area contributed by atoms with Crippen LogP contribution in [0.5, 0.6) is 0 Å². The van der Waals surface area contributed by atoms with Crippen molar-refractivity contribution in [1.82, 2.24) is 4.98 Å². The summed E-state index contributed by atoms with van der Waals surface area (Å²) in [5.74, 6) is 0. The van der Waals surface area contributed by atoms with Gasteiger partial charge in [-0.05, 0) is 37.9 Å². The van der Waals surface area contributed by atoms with Crippen LogP contribution in [-0.2, 0) is 6.42 Å². The number of nitrogens with two attached hydrogens (primary N) is 1. The number of halogens is 1. The molecular formula is C11H19BrN2. The highest BCUT2D eigenvalue weighted by atomic mass is 79.9. The Kier molecular flexibility index (Phi) is 8.89. The third-order valence-electron chi connectivity index (χ3n) is 2.11. The smallest absolute Gasteiger partial charge is 0.0403 e. The second-order valence-electron chi connectivity index (χ2n) is 3.27. The van der Waals surface area contributed by atoms with E-state index in [0.29, 0.717) is 0 Å². The highest BCUT2D eigenvalue weighted by Gasteiger charge is 1.92. The van der Waals surface area contributed by atoms with E-state index in [-0.39, 0.29) is 17.0 Å². The zero-order valence-electron chi connectivity index (χ0n) is 8.48. The minimum Gasteiger partial charge on any atom is -0.330 e. The van der Waals surface area contributed by atoms with Crippen molar-refractivity contribution >= 4 is 17.0 Å². The van der Waals surface area contributed by atoms with Gasteiger partial charge in [0.05, 0.1) is 0 Å². The van der Waals surface area contributed by atoms with Crippen LogP contribution in [0.2, 0.25) is 0 Å². The van der Waals surface area contributed by atoms with Gasteiger partial charge in [0.25, 0.3) is 0 Å². The molecule has 0 amide bonds. The highest BCUT2D eigenvalue weighted by molar-refractivity contribution is 8.93. The van der Waals surface area contributed by atoms with E-state index in [4.69, 9.17) is 5.73 Å². The SMILES string of the molecule is Br.NCCCCCCc1ccccn1. The Morgan fingerprint density at radius 1 is 1.07 bits per heavy atom. The lowest BCUT2D eigenvalue weighted by Gasteiger charge is -1.99. The Bertz CT molecular complexity index is 214. The molecular weight excluding hydrogens is 240 g/mol. The molecule has 1 heterocycles. The first kappa shape index (κ1) is 13.6. The molecule has 3 heteroatoms. The topological polar surface area (TPSA) is 38.9 Å². The van der Waals surface area contributed by atoms with Crippen molar-refractivity contribution in [1.29, 1.82) is 0 Å². The number of nitrogens with zero attached hydrogens (tertiary/aromatic N) is 1. The predicted octanol–water partition coefficient (Wildman–Crippen LogP) is 2.72. The quantitative estimate of drug-likeness (QED) is 0.798. The second-order valence-corrected chi connectivity index (χ2v) is 3.27. The van der Waals surface area contributed by atoms with Crippen LogP contribution in [0.4, 0.5) is 0 Å². The van der Waals surface area contributed by atoms with E-state index < -0.39 is 0 Å². The first-order valence-electron chi connectivity index (χ1n) is 5.03. The number of rotatable bonds is 6.